The predicted molar refractivity (Wildman–Crippen MR) is 151 cm³/mol. The second-order valence-electron chi connectivity index (χ2n) is 12.0. The van der Waals surface area contributed by atoms with Crippen LogP contribution in [0.2, 0.25) is 0 Å². The molecule has 1 saturated carbocycles. The first-order chi connectivity index (χ1) is 20.2. The monoisotopic (exact) mass is 578 g/mol. The highest BCUT2D eigenvalue weighted by atomic mass is 17.3. The molecule has 1 spiro atoms. The maximum absolute atomic E-state index is 12.8. The molecule has 9 nitrogen and oxygen atoms in total. The van der Waals surface area contributed by atoms with Gasteiger partial charge in [-0.15, -0.1) is 0 Å². The van der Waals surface area contributed by atoms with Gasteiger partial charge in [0.15, 0.2) is 24.3 Å². The molecule has 8 atom stereocenters. The average molecular weight is 579 g/mol. The Kier molecular flexibility index (Phi) is 7.87. The van der Waals surface area contributed by atoms with Gasteiger partial charge >= 0.3 is 5.97 Å². The number of allylic oxidation sites excluding steroid dienone is 1. The number of carbonyl (C=O) groups excluding carboxylic acids is 2. The smallest absolute Gasteiger partial charge is 0.346 e. The molecule has 4 aliphatic heterocycles. The number of ketones is 1. The van der Waals surface area contributed by atoms with Crippen LogP contribution in [0.3, 0.4) is 0 Å². The van der Waals surface area contributed by atoms with Crippen molar-refractivity contribution >= 4 is 17.8 Å². The van der Waals surface area contributed by atoms with Gasteiger partial charge < -0.3 is 23.7 Å². The Morgan fingerprint density at radius 2 is 1.69 bits per heavy atom. The lowest BCUT2D eigenvalue weighted by Crippen LogP contribution is -2.70. The summed E-state index contributed by atoms with van der Waals surface area (Å²) in [6.45, 7) is 5.86. The summed E-state index contributed by atoms with van der Waals surface area (Å²) in [5.41, 5.74) is 0.681. The summed E-state index contributed by atoms with van der Waals surface area (Å²) in [5, 5.41) is 0. The molecule has 1 aliphatic carbocycles. The third kappa shape index (κ3) is 5.35. The van der Waals surface area contributed by atoms with Crippen molar-refractivity contribution in [2.45, 2.75) is 70.4 Å². The van der Waals surface area contributed by atoms with E-state index >= 15 is 0 Å². The average Bonchev–Trinajstić information content (AvgIpc) is 3.23. The molecule has 42 heavy (non-hydrogen) atoms. The number of methoxy groups -OCH3 is 1. The number of ether oxygens (including phenoxy) is 5. The van der Waals surface area contributed by atoms with Gasteiger partial charge in [-0.25, -0.2) is 14.6 Å². The van der Waals surface area contributed by atoms with Crippen molar-refractivity contribution in [1.82, 2.24) is 0 Å². The van der Waals surface area contributed by atoms with Crippen LogP contribution >= 0.6 is 0 Å². The zero-order chi connectivity index (χ0) is 29.5. The van der Waals surface area contributed by atoms with Crippen LogP contribution in [0.25, 0.3) is 6.08 Å². The number of benzene rings is 2. The minimum atomic E-state index is -0.894. The summed E-state index contributed by atoms with van der Waals surface area (Å²) >= 11 is 0. The van der Waals surface area contributed by atoms with E-state index in [1.165, 1.54) is 6.08 Å². The Morgan fingerprint density at radius 3 is 2.43 bits per heavy atom. The first kappa shape index (κ1) is 28.9. The normalized spacial score (nSPS) is 35.2. The van der Waals surface area contributed by atoms with E-state index in [1.807, 2.05) is 38.1 Å². The summed E-state index contributed by atoms with van der Waals surface area (Å²) in [6.07, 6.45) is 5.41. The van der Waals surface area contributed by atoms with Crippen molar-refractivity contribution in [3.63, 3.8) is 0 Å². The fourth-order valence-corrected chi connectivity index (χ4v) is 7.01. The first-order valence-electron chi connectivity index (χ1n) is 14.7. The highest BCUT2D eigenvalue weighted by Gasteiger charge is 2.69. The molecule has 0 N–H and O–H groups in total. The SMILES string of the molecule is COc1ccc(/C=C/C(=O)c2ccc(OCC(=O)O[C@@H]3O[C@@H]4O[C@]5(C)CC[C@H]6[C@H](C)CC[C@@H]([C@H]3C)[C@@]46OO5)cc2)cc1. The third-order valence-corrected chi connectivity index (χ3v) is 9.38. The second-order valence-corrected chi connectivity index (χ2v) is 12.0. The minimum Gasteiger partial charge on any atom is -0.497 e. The summed E-state index contributed by atoms with van der Waals surface area (Å²) in [5.74, 6) is 0.244. The zero-order valence-corrected chi connectivity index (χ0v) is 24.4. The minimum absolute atomic E-state index is 0.0580. The van der Waals surface area contributed by atoms with Gasteiger partial charge in [-0.3, -0.25) is 4.79 Å². The second kappa shape index (κ2) is 11.4. The highest BCUT2D eigenvalue weighted by Crippen LogP contribution is 2.60. The quantitative estimate of drug-likeness (QED) is 0.169. The summed E-state index contributed by atoms with van der Waals surface area (Å²) < 4.78 is 29.2. The van der Waals surface area contributed by atoms with E-state index in [-0.39, 0.29) is 30.1 Å². The van der Waals surface area contributed by atoms with Gasteiger partial charge in [-0.1, -0.05) is 32.1 Å². The number of fused-ring (bicyclic) bond motifs is 2. The summed E-state index contributed by atoms with van der Waals surface area (Å²) in [7, 11) is 1.61. The molecule has 0 amide bonds. The molecule has 5 aliphatic rings. The molecule has 0 aromatic heterocycles. The molecule has 4 heterocycles. The number of carbonyl (C=O) groups is 2. The van der Waals surface area contributed by atoms with Crippen LogP contribution in [0.5, 0.6) is 11.5 Å². The molecular formula is C33H38O9. The molecule has 2 bridgehead atoms. The molecule has 2 aromatic carbocycles. The Balaban J connectivity index is 1.05. The standard InChI is InChI=1S/C33H38O9/c1-20-5-15-27-21(2)30(39-31-33(27)26(20)17-18-32(3,40-31)41-42-33)38-29(35)19-37-25-13-9-23(10-14-25)28(34)16-8-22-6-11-24(36-4)12-7-22/h6-14,16,20-21,26-27,30-31H,5,15,17-19H2,1-4H3/b16-8+/t20-,21-,26+,27+,30-,31-,32+,33-/m1/s1. The summed E-state index contributed by atoms with van der Waals surface area (Å²) in [6, 6.07) is 14.1. The molecular weight excluding hydrogens is 540 g/mol. The molecule has 0 radical (unpaired) electrons. The maximum atomic E-state index is 12.8. The molecule has 7 rings (SSSR count). The topological polar surface area (TPSA) is 98.8 Å². The van der Waals surface area contributed by atoms with E-state index in [4.69, 9.17) is 33.5 Å². The first-order valence-corrected chi connectivity index (χ1v) is 14.7. The van der Waals surface area contributed by atoms with Crippen LogP contribution < -0.4 is 9.47 Å². The Morgan fingerprint density at radius 1 is 0.952 bits per heavy atom. The van der Waals surface area contributed by atoms with Crippen molar-refractivity contribution in [1.29, 1.82) is 0 Å². The van der Waals surface area contributed by atoms with Gasteiger partial charge in [0.2, 0.25) is 12.1 Å². The largest absolute Gasteiger partial charge is 0.497 e. The Bertz CT molecular complexity index is 1320. The van der Waals surface area contributed by atoms with Gasteiger partial charge in [-0.05, 0) is 86.1 Å². The molecule has 5 fully saturated rings. The van der Waals surface area contributed by atoms with E-state index in [9.17, 15) is 9.59 Å². The Hall–Kier alpha value is -3.24. The zero-order valence-electron chi connectivity index (χ0n) is 24.4. The van der Waals surface area contributed by atoms with E-state index in [0.29, 0.717) is 23.7 Å². The lowest BCUT2D eigenvalue weighted by atomic mass is 9.58. The predicted octanol–water partition coefficient (Wildman–Crippen LogP) is 5.72. The third-order valence-electron chi connectivity index (χ3n) is 9.38. The van der Waals surface area contributed by atoms with Gasteiger partial charge in [0.1, 0.15) is 11.5 Å². The highest BCUT2D eigenvalue weighted by molar-refractivity contribution is 6.06. The van der Waals surface area contributed by atoms with E-state index in [2.05, 4.69) is 6.92 Å². The van der Waals surface area contributed by atoms with Crippen LogP contribution in [-0.2, 0) is 28.8 Å². The van der Waals surface area contributed by atoms with Crippen molar-refractivity contribution in [3.05, 3.63) is 65.7 Å². The summed E-state index contributed by atoms with van der Waals surface area (Å²) in [4.78, 5) is 37.4. The van der Waals surface area contributed by atoms with Crippen LogP contribution in [0.1, 0.15) is 62.4 Å². The van der Waals surface area contributed by atoms with Crippen molar-refractivity contribution < 1.29 is 43.0 Å². The molecule has 2 aromatic rings. The van der Waals surface area contributed by atoms with Gasteiger partial charge in [0, 0.05) is 23.8 Å². The van der Waals surface area contributed by atoms with E-state index < -0.39 is 29.9 Å². The van der Waals surface area contributed by atoms with Gasteiger partial charge in [-0.2, -0.15) is 0 Å². The number of esters is 1. The molecule has 9 heteroatoms. The van der Waals surface area contributed by atoms with Crippen LogP contribution in [0.15, 0.2) is 54.6 Å². The molecule has 4 saturated heterocycles. The van der Waals surface area contributed by atoms with Gasteiger partial charge in [0.05, 0.1) is 7.11 Å². The van der Waals surface area contributed by atoms with E-state index in [0.717, 1.165) is 30.6 Å². The Labute approximate surface area is 245 Å². The number of hydrogen-bond acceptors (Lipinski definition) is 9. The van der Waals surface area contributed by atoms with Gasteiger partial charge in [0.25, 0.3) is 0 Å². The number of hydrogen-bond donors (Lipinski definition) is 0. The van der Waals surface area contributed by atoms with Crippen molar-refractivity contribution in [3.8, 4) is 11.5 Å². The number of rotatable bonds is 8. The van der Waals surface area contributed by atoms with Crippen LogP contribution in [-0.4, -0.2) is 49.4 Å². The van der Waals surface area contributed by atoms with Crippen molar-refractivity contribution in [2.75, 3.05) is 13.7 Å². The lowest BCUT2D eigenvalue weighted by Gasteiger charge is -2.59. The van der Waals surface area contributed by atoms with Crippen LogP contribution in [0.4, 0.5) is 0 Å². The fourth-order valence-electron chi connectivity index (χ4n) is 7.01. The van der Waals surface area contributed by atoms with E-state index in [1.54, 1.807) is 37.5 Å². The lowest BCUT2D eigenvalue weighted by molar-refractivity contribution is -0.576. The fraction of sp³-hybridized carbons (Fsp3) is 0.515. The maximum Gasteiger partial charge on any atom is 0.346 e. The van der Waals surface area contributed by atoms with Crippen molar-refractivity contribution in [2.24, 2.45) is 23.7 Å². The molecule has 0 unspecified atom stereocenters. The molecule has 224 valence electrons. The van der Waals surface area contributed by atoms with Crippen LogP contribution in [0, 0.1) is 23.7 Å².